The molecule has 130 valence electrons. The van der Waals surface area contributed by atoms with Crippen molar-refractivity contribution in [3.05, 3.63) is 47.1 Å². The molecule has 0 atom stereocenters. The zero-order valence-corrected chi connectivity index (χ0v) is 14.8. The fourth-order valence-electron chi connectivity index (χ4n) is 3.38. The summed E-state index contributed by atoms with van der Waals surface area (Å²) in [6.45, 7) is 6.31. The zero-order chi connectivity index (χ0) is 16.8. The van der Waals surface area contributed by atoms with E-state index < -0.39 is 0 Å². The van der Waals surface area contributed by atoms with Crippen LogP contribution in [0.3, 0.4) is 0 Å². The minimum absolute atomic E-state index is 0.711. The molecule has 1 N–H and O–H groups in total. The third kappa shape index (κ3) is 4.65. The molecule has 1 aromatic heterocycles. The first-order chi connectivity index (χ1) is 11.7. The van der Waals surface area contributed by atoms with Crippen molar-refractivity contribution in [2.45, 2.75) is 39.2 Å². The van der Waals surface area contributed by atoms with E-state index in [1.165, 1.54) is 30.4 Å². The maximum atomic E-state index is 5.44. The first kappa shape index (κ1) is 17.1. The van der Waals surface area contributed by atoms with Crippen molar-refractivity contribution in [1.29, 1.82) is 0 Å². The lowest BCUT2D eigenvalue weighted by molar-refractivity contribution is 0.167. The number of hydrogen-bond donors (Lipinski definition) is 1. The van der Waals surface area contributed by atoms with Gasteiger partial charge in [0.05, 0.1) is 13.0 Å². The lowest BCUT2D eigenvalue weighted by Gasteiger charge is -2.31. The minimum atomic E-state index is 0.711. The van der Waals surface area contributed by atoms with Crippen molar-refractivity contribution in [2.24, 2.45) is 5.92 Å². The molecule has 3 rings (SSSR count). The highest BCUT2D eigenvalue weighted by Crippen LogP contribution is 2.21. The molecule has 1 saturated heterocycles. The highest BCUT2D eigenvalue weighted by molar-refractivity contribution is 5.27. The molecule has 0 bridgehead atoms. The number of hydrogen-bond acceptors (Lipinski definition) is 5. The van der Waals surface area contributed by atoms with Crippen LogP contribution in [0.1, 0.15) is 42.1 Å². The van der Waals surface area contributed by atoms with E-state index in [0.717, 1.165) is 37.9 Å². The van der Waals surface area contributed by atoms with Gasteiger partial charge in [0, 0.05) is 0 Å². The smallest absolute Gasteiger partial charge is 0.231 e. The van der Waals surface area contributed by atoms with Gasteiger partial charge in [0.2, 0.25) is 5.89 Å². The van der Waals surface area contributed by atoms with Crippen LogP contribution in [0.5, 0.6) is 0 Å². The summed E-state index contributed by atoms with van der Waals surface area (Å²) in [5.74, 6) is 2.38. The summed E-state index contributed by atoms with van der Waals surface area (Å²) in [4.78, 5) is 7.02. The summed E-state index contributed by atoms with van der Waals surface area (Å²) in [5.41, 5.74) is 2.51. The van der Waals surface area contributed by atoms with Gasteiger partial charge in [0.15, 0.2) is 5.82 Å². The summed E-state index contributed by atoms with van der Waals surface area (Å²) in [7, 11) is 2.03. The van der Waals surface area contributed by atoms with Crippen LogP contribution in [0.4, 0.5) is 0 Å². The molecule has 5 nitrogen and oxygen atoms in total. The normalized spacial score (nSPS) is 16.6. The van der Waals surface area contributed by atoms with Crippen molar-refractivity contribution < 1.29 is 4.52 Å². The van der Waals surface area contributed by atoms with Crippen LogP contribution in [0.15, 0.2) is 28.8 Å². The Morgan fingerprint density at radius 3 is 2.79 bits per heavy atom. The van der Waals surface area contributed by atoms with E-state index in [1.54, 1.807) is 0 Å². The molecule has 0 amide bonds. The zero-order valence-electron chi connectivity index (χ0n) is 14.8. The monoisotopic (exact) mass is 328 g/mol. The Morgan fingerprint density at radius 2 is 2.04 bits per heavy atom. The van der Waals surface area contributed by atoms with E-state index in [2.05, 4.69) is 51.5 Å². The second-order valence-electron chi connectivity index (χ2n) is 6.82. The van der Waals surface area contributed by atoms with Gasteiger partial charge in [-0.15, -0.1) is 0 Å². The second kappa shape index (κ2) is 8.40. The standard InChI is InChI=1S/C19H28N4O/c1-15-5-3-4-6-17(15)13-19-21-18(22-24-19)14-23-11-8-16(9-12-23)7-10-20-2/h3-6,16,20H,7-14H2,1-2H3. The van der Waals surface area contributed by atoms with Crippen LogP contribution in [-0.4, -0.2) is 41.7 Å². The number of aromatic nitrogens is 2. The Kier molecular flexibility index (Phi) is 5.99. The van der Waals surface area contributed by atoms with Gasteiger partial charge in [-0.25, -0.2) is 0 Å². The largest absolute Gasteiger partial charge is 0.339 e. The number of piperidine rings is 1. The summed E-state index contributed by atoms with van der Waals surface area (Å²) in [6, 6.07) is 8.34. The number of rotatable bonds is 7. The van der Waals surface area contributed by atoms with Gasteiger partial charge >= 0.3 is 0 Å². The minimum Gasteiger partial charge on any atom is -0.339 e. The van der Waals surface area contributed by atoms with Crippen molar-refractivity contribution in [3.8, 4) is 0 Å². The summed E-state index contributed by atoms with van der Waals surface area (Å²) < 4.78 is 5.44. The van der Waals surface area contributed by atoms with Crippen molar-refractivity contribution in [1.82, 2.24) is 20.4 Å². The molecular weight excluding hydrogens is 300 g/mol. The quantitative estimate of drug-likeness (QED) is 0.847. The SMILES string of the molecule is CNCCC1CCN(Cc2noc(Cc3ccccc3C)n2)CC1. The number of nitrogens with zero attached hydrogens (tertiary/aromatic N) is 3. The van der Waals surface area contributed by atoms with Crippen molar-refractivity contribution in [3.63, 3.8) is 0 Å². The molecule has 2 aromatic rings. The fraction of sp³-hybridized carbons (Fsp3) is 0.579. The third-order valence-electron chi connectivity index (χ3n) is 4.99. The Morgan fingerprint density at radius 1 is 1.25 bits per heavy atom. The van der Waals surface area contributed by atoms with E-state index in [9.17, 15) is 0 Å². The van der Waals surface area contributed by atoms with Gasteiger partial charge in [-0.2, -0.15) is 4.98 Å². The second-order valence-corrected chi connectivity index (χ2v) is 6.82. The number of likely N-dealkylation sites (tertiary alicyclic amines) is 1. The predicted octanol–water partition coefficient (Wildman–Crippen LogP) is 2.79. The van der Waals surface area contributed by atoms with Gasteiger partial charge in [-0.05, 0) is 69.9 Å². The molecule has 0 radical (unpaired) electrons. The molecular formula is C19H28N4O. The molecule has 1 aliphatic rings. The van der Waals surface area contributed by atoms with Crippen LogP contribution in [0, 0.1) is 12.8 Å². The first-order valence-electron chi connectivity index (χ1n) is 8.97. The Hall–Kier alpha value is -1.72. The summed E-state index contributed by atoms with van der Waals surface area (Å²) >= 11 is 0. The van der Waals surface area contributed by atoms with Crippen LogP contribution < -0.4 is 5.32 Å². The van der Waals surface area contributed by atoms with E-state index in [0.29, 0.717) is 12.3 Å². The Balaban J connectivity index is 1.49. The van der Waals surface area contributed by atoms with Gasteiger partial charge in [-0.3, -0.25) is 4.90 Å². The van der Waals surface area contributed by atoms with E-state index >= 15 is 0 Å². The van der Waals surface area contributed by atoms with E-state index in [-0.39, 0.29) is 0 Å². The predicted molar refractivity (Wildman–Crippen MR) is 94.8 cm³/mol. The van der Waals surface area contributed by atoms with E-state index in [4.69, 9.17) is 4.52 Å². The fourth-order valence-corrected chi connectivity index (χ4v) is 3.38. The van der Waals surface area contributed by atoms with Gasteiger partial charge < -0.3 is 9.84 Å². The molecule has 0 spiro atoms. The van der Waals surface area contributed by atoms with Crippen LogP contribution >= 0.6 is 0 Å². The third-order valence-corrected chi connectivity index (χ3v) is 4.99. The Bertz CT molecular complexity index is 632. The van der Waals surface area contributed by atoms with Gasteiger partial charge in [-0.1, -0.05) is 29.4 Å². The number of benzene rings is 1. The molecule has 0 aliphatic carbocycles. The topological polar surface area (TPSA) is 54.2 Å². The average molecular weight is 328 g/mol. The average Bonchev–Trinajstić information content (AvgIpc) is 3.03. The summed E-state index contributed by atoms with van der Waals surface area (Å²) in [6.07, 6.45) is 4.55. The highest BCUT2D eigenvalue weighted by atomic mass is 16.5. The van der Waals surface area contributed by atoms with Crippen LogP contribution in [-0.2, 0) is 13.0 Å². The lowest BCUT2D eigenvalue weighted by Crippen LogP contribution is -2.34. The number of nitrogens with one attached hydrogen (secondary N) is 1. The molecule has 0 unspecified atom stereocenters. The molecule has 1 fully saturated rings. The maximum absolute atomic E-state index is 5.44. The van der Waals surface area contributed by atoms with Gasteiger partial charge in [0.1, 0.15) is 0 Å². The molecule has 0 saturated carbocycles. The van der Waals surface area contributed by atoms with Crippen molar-refractivity contribution in [2.75, 3.05) is 26.7 Å². The number of aryl methyl sites for hydroxylation is 1. The molecule has 1 aromatic carbocycles. The summed E-state index contributed by atoms with van der Waals surface area (Å²) in [5, 5.41) is 7.41. The first-order valence-corrected chi connectivity index (χ1v) is 8.97. The Labute approximate surface area is 144 Å². The van der Waals surface area contributed by atoms with Crippen molar-refractivity contribution >= 4 is 0 Å². The highest BCUT2D eigenvalue weighted by Gasteiger charge is 2.20. The molecule has 24 heavy (non-hydrogen) atoms. The molecule has 1 aliphatic heterocycles. The van der Waals surface area contributed by atoms with Gasteiger partial charge in [0.25, 0.3) is 0 Å². The molecule has 2 heterocycles. The maximum Gasteiger partial charge on any atom is 0.231 e. The molecule has 5 heteroatoms. The van der Waals surface area contributed by atoms with Crippen LogP contribution in [0.25, 0.3) is 0 Å². The van der Waals surface area contributed by atoms with Crippen LogP contribution in [0.2, 0.25) is 0 Å². The lowest BCUT2D eigenvalue weighted by atomic mass is 9.93. The van der Waals surface area contributed by atoms with E-state index in [1.807, 2.05) is 7.05 Å².